The first-order valence-electron chi connectivity index (χ1n) is 9.64. The summed E-state index contributed by atoms with van der Waals surface area (Å²) in [6.45, 7) is 1.25. The molecule has 3 rings (SSSR count). The molecule has 2 heterocycles. The van der Waals surface area contributed by atoms with Gasteiger partial charge in [-0.15, -0.1) is 0 Å². The number of aromatic amines is 1. The molecule has 0 fully saturated rings. The highest BCUT2D eigenvalue weighted by molar-refractivity contribution is 5.93. The second-order valence-electron chi connectivity index (χ2n) is 6.75. The Morgan fingerprint density at radius 1 is 1.23 bits per heavy atom. The lowest BCUT2D eigenvalue weighted by atomic mass is 10.1. The van der Waals surface area contributed by atoms with Crippen molar-refractivity contribution in [1.82, 2.24) is 20.1 Å². The first kappa shape index (κ1) is 21.0. The Morgan fingerprint density at radius 3 is 2.70 bits per heavy atom. The Balaban J connectivity index is 1.68. The summed E-state index contributed by atoms with van der Waals surface area (Å²) in [5, 5.41) is 14.3. The van der Waals surface area contributed by atoms with Gasteiger partial charge in [0, 0.05) is 32.7 Å². The van der Waals surface area contributed by atoms with Gasteiger partial charge in [0.1, 0.15) is 0 Å². The van der Waals surface area contributed by atoms with Crippen molar-refractivity contribution in [2.75, 3.05) is 20.3 Å². The highest BCUT2D eigenvalue weighted by atomic mass is 16.5. The van der Waals surface area contributed by atoms with E-state index in [4.69, 9.17) is 10.00 Å². The lowest BCUT2D eigenvalue weighted by molar-refractivity contribution is 0.0951. The predicted molar refractivity (Wildman–Crippen MR) is 112 cm³/mol. The molecule has 1 aromatic carbocycles. The van der Waals surface area contributed by atoms with E-state index in [0.29, 0.717) is 36.5 Å². The van der Waals surface area contributed by atoms with Crippen molar-refractivity contribution >= 4 is 5.91 Å². The first-order chi connectivity index (χ1) is 14.6. The van der Waals surface area contributed by atoms with Crippen LogP contribution in [0.2, 0.25) is 0 Å². The van der Waals surface area contributed by atoms with Crippen LogP contribution in [-0.2, 0) is 11.2 Å². The molecule has 0 saturated carbocycles. The standard InChI is InChI=1S/C22H23N5O3/c1-30-13-3-2-12-24-21(28)18-8-9-20(25-14-18)27-15-19(22(29)26-27)17-6-4-16(5-7-17)10-11-23/h4-9,14-15H,2-3,10,12-13H2,1H3,(H,24,28)(H,26,29). The molecule has 1 amide bonds. The highest BCUT2D eigenvalue weighted by Crippen LogP contribution is 2.17. The van der Waals surface area contributed by atoms with Crippen LogP contribution in [0.4, 0.5) is 0 Å². The van der Waals surface area contributed by atoms with Gasteiger partial charge < -0.3 is 10.1 Å². The van der Waals surface area contributed by atoms with Gasteiger partial charge in [0.15, 0.2) is 5.82 Å². The zero-order chi connectivity index (χ0) is 21.3. The van der Waals surface area contributed by atoms with Crippen molar-refractivity contribution in [2.24, 2.45) is 0 Å². The largest absolute Gasteiger partial charge is 0.385 e. The van der Waals surface area contributed by atoms with Gasteiger partial charge in [-0.05, 0) is 36.1 Å². The van der Waals surface area contributed by atoms with Crippen molar-refractivity contribution in [1.29, 1.82) is 5.26 Å². The lowest BCUT2D eigenvalue weighted by Gasteiger charge is -2.06. The van der Waals surface area contributed by atoms with Crippen molar-refractivity contribution in [3.8, 4) is 23.0 Å². The molecular weight excluding hydrogens is 382 g/mol. The molecule has 0 saturated heterocycles. The molecule has 2 N–H and O–H groups in total. The van der Waals surface area contributed by atoms with Gasteiger partial charge in [0.05, 0.1) is 23.6 Å². The number of carbonyl (C=O) groups excluding carboxylic acids is 1. The van der Waals surface area contributed by atoms with Crippen LogP contribution in [-0.4, -0.2) is 40.9 Å². The van der Waals surface area contributed by atoms with Crippen molar-refractivity contribution in [3.05, 3.63) is 70.3 Å². The van der Waals surface area contributed by atoms with Crippen LogP contribution in [0.5, 0.6) is 0 Å². The third kappa shape index (κ3) is 5.21. The fourth-order valence-electron chi connectivity index (χ4n) is 2.95. The van der Waals surface area contributed by atoms with Gasteiger partial charge in [-0.1, -0.05) is 24.3 Å². The average molecular weight is 405 g/mol. The molecule has 0 radical (unpaired) electrons. The van der Waals surface area contributed by atoms with E-state index < -0.39 is 0 Å². The van der Waals surface area contributed by atoms with Crippen LogP contribution in [0.1, 0.15) is 28.8 Å². The van der Waals surface area contributed by atoms with Crippen LogP contribution in [0.25, 0.3) is 16.9 Å². The fourth-order valence-corrected chi connectivity index (χ4v) is 2.95. The van der Waals surface area contributed by atoms with Crippen molar-refractivity contribution in [2.45, 2.75) is 19.3 Å². The van der Waals surface area contributed by atoms with Gasteiger partial charge in [0.2, 0.25) is 0 Å². The van der Waals surface area contributed by atoms with Crippen LogP contribution < -0.4 is 10.9 Å². The number of unbranched alkanes of at least 4 members (excludes halogenated alkanes) is 1. The van der Waals surface area contributed by atoms with Crippen LogP contribution in [0, 0.1) is 11.3 Å². The Labute approximate surface area is 174 Å². The molecule has 154 valence electrons. The number of hydrogen-bond acceptors (Lipinski definition) is 5. The fraction of sp³-hybridized carbons (Fsp3) is 0.273. The molecule has 0 aliphatic carbocycles. The van der Waals surface area contributed by atoms with Gasteiger partial charge in [-0.25, -0.2) is 9.67 Å². The lowest BCUT2D eigenvalue weighted by Crippen LogP contribution is -2.24. The second-order valence-corrected chi connectivity index (χ2v) is 6.75. The second kappa shape index (κ2) is 10.2. The van der Waals surface area contributed by atoms with Gasteiger partial charge in [0.25, 0.3) is 11.5 Å². The third-order valence-corrected chi connectivity index (χ3v) is 4.59. The number of carbonyl (C=O) groups is 1. The first-order valence-corrected chi connectivity index (χ1v) is 9.64. The van der Waals surface area contributed by atoms with E-state index in [9.17, 15) is 9.59 Å². The summed E-state index contributed by atoms with van der Waals surface area (Å²) in [5.74, 6) is 0.307. The molecule has 0 aliphatic heterocycles. The highest BCUT2D eigenvalue weighted by Gasteiger charge is 2.10. The van der Waals surface area contributed by atoms with Crippen molar-refractivity contribution in [3.63, 3.8) is 0 Å². The normalized spacial score (nSPS) is 10.5. The maximum atomic E-state index is 12.4. The molecule has 30 heavy (non-hydrogen) atoms. The Hall–Kier alpha value is -3.70. The number of ether oxygens (including phenoxy) is 1. The number of benzene rings is 1. The van der Waals surface area contributed by atoms with E-state index in [-0.39, 0.29) is 11.5 Å². The molecule has 2 aromatic heterocycles. The van der Waals surface area contributed by atoms with Gasteiger partial charge in [-0.3, -0.25) is 14.7 Å². The Kier molecular flexibility index (Phi) is 7.14. The topological polar surface area (TPSA) is 113 Å². The molecule has 3 aromatic rings. The third-order valence-electron chi connectivity index (χ3n) is 4.59. The summed E-state index contributed by atoms with van der Waals surface area (Å²) in [6, 6.07) is 12.7. The smallest absolute Gasteiger partial charge is 0.272 e. The maximum Gasteiger partial charge on any atom is 0.272 e. The Morgan fingerprint density at radius 2 is 2.03 bits per heavy atom. The summed E-state index contributed by atoms with van der Waals surface area (Å²) in [7, 11) is 1.65. The number of amides is 1. The van der Waals surface area contributed by atoms with Gasteiger partial charge >= 0.3 is 0 Å². The zero-order valence-electron chi connectivity index (χ0n) is 16.7. The number of nitrogens with one attached hydrogen (secondary N) is 2. The van der Waals surface area contributed by atoms with Crippen LogP contribution in [0.15, 0.2) is 53.6 Å². The summed E-state index contributed by atoms with van der Waals surface area (Å²) >= 11 is 0. The van der Waals surface area contributed by atoms with E-state index in [1.807, 2.05) is 24.3 Å². The van der Waals surface area contributed by atoms with Crippen LogP contribution in [0.3, 0.4) is 0 Å². The number of methoxy groups -OCH3 is 1. The van der Waals surface area contributed by atoms with E-state index in [2.05, 4.69) is 21.5 Å². The Bertz CT molecular complexity index is 1080. The molecule has 0 unspecified atom stereocenters. The molecular formula is C22H23N5O3. The summed E-state index contributed by atoms with van der Waals surface area (Å²) in [5.41, 5.74) is 2.35. The minimum atomic E-state index is -0.247. The van der Waals surface area contributed by atoms with Gasteiger partial charge in [-0.2, -0.15) is 5.26 Å². The molecule has 0 aliphatic rings. The van der Waals surface area contributed by atoms with E-state index in [1.54, 1.807) is 25.4 Å². The monoisotopic (exact) mass is 405 g/mol. The van der Waals surface area contributed by atoms with E-state index in [1.165, 1.54) is 10.9 Å². The maximum absolute atomic E-state index is 12.4. The number of nitriles is 1. The minimum absolute atomic E-state index is 0.189. The van der Waals surface area contributed by atoms with E-state index in [0.717, 1.165) is 24.0 Å². The molecule has 8 heteroatoms. The quantitative estimate of drug-likeness (QED) is 0.531. The number of nitrogens with zero attached hydrogens (tertiary/aromatic N) is 3. The zero-order valence-corrected chi connectivity index (χ0v) is 16.7. The number of aromatic nitrogens is 3. The number of rotatable bonds is 9. The number of hydrogen-bond donors (Lipinski definition) is 2. The minimum Gasteiger partial charge on any atom is -0.385 e. The summed E-state index contributed by atoms with van der Waals surface area (Å²) in [6.07, 6.45) is 5.21. The summed E-state index contributed by atoms with van der Waals surface area (Å²) < 4.78 is 6.50. The number of H-pyrrole nitrogens is 1. The molecule has 0 spiro atoms. The van der Waals surface area contributed by atoms with E-state index >= 15 is 0 Å². The van der Waals surface area contributed by atoms with Crippen LogP contribution >= 0.6 is 0 Å². The average Bonchev–Trinajstić information content (AvgIpc) is 3.16. The molecule has 0 bridgehead atoms. The predicted octanol–water partition coefficient (Wildman–Crippen LogP) is 2.45. The van der Waals surface area contributed by atoms with Crippen molar-refractivity contribution < 1.29 is 9.53 Å². The SMILES string of the molecule is COCCCCNC(=O)c1ccc(-n2cc(-c3ccc(CC#N)cc3)c(=O)[nH]2)nc1. The molecule has 0 atom stereocenters. The number of pyridine rings is 1. The molecule has 8 nitrogen and oxygen atoms in total. The summed E-state index contributed by atoms with van der Waals surface area (Å²) in [4.78, 5) is 28.8.